The third kappa shape index (κ3) is 1.68. The molecule has 4 aliphatic carbocycles. The van der Waals surface area contributed by atoms with Crippen LogP contribution in [0.4, 0.5) is 0 Å². The van der Waals surface area contributed by atoms with E-state index >= 15 is 0 Å². The van der Waals surface area contributed by atoms with Crippen molar-refractivity contribution < 1.29 is 4.74 Å². The molecule has 5 rings (SSSR count). The highest BCUT2D eigenvalue weighted by Crippen LogP contribution is 2.60. The van der Waals surface area contributed by atoms with Crippen LogP contribution in [0, 0.1) is 23.7 Å². The van der Waals surface area contributed by atoms with Gasteiger partial charge in [0.15, 0.2) is 0 Å². The lowest BCUT2D eigenvalue weighted by Gasteiger charge is -2.64. The Morgan fingerprint density at radius 2 is 1.74 bits per heavy atom. The Hall–Kier alpha value is -0.120. The second-order valence-electron chi connectivity index (χ2n) is 7.59. The van der Waals surface area contributed by atoms with Gasteiger partial charge in [0.2, 0.25) is 0 Å². The van der Waals surface area contributed by atoms with Gasteiger partial charge in [-0.25, -0.2) is 0 Å². The zero-order valence-electron chi connectivity index (χ0n) is 12.2. The molecule has 5 fully saturated rings. The van der Waals surface area contributed by atoms with Crippen LogP contribution >= 0.6 is 0 Å². The van der Waals surface area contributed by atoms with Crippen LogP contribution < -0.4 is 5.73 Å². The predicted octanol–water partition coefficient (Wildman–Crippen LogP) is 1.86. The number of hydrogen-bond acceptors (Lipinski definition) is 3. The van der Waals surface area contributed by atoms with E-state index in [1.54, 1.807) is 0 Å². The summed E-state index contributed by atoms with van der Waals surface area (Å²) in [7, 11) is 1.86. The Labute approximate surface area is 116 Å². The third-order valence-corrected chi connectivity index (χ3v) is 6.95. The van der Waals surface area contributed by atoms with Crippen molar-refractivity contribution in [1.29, 1.82) is 0 Å². The van der Waals surface area contributed by atoms with Crippen molar-refractivity contribution in [2.24, 2.45) is 29.4 Å². The topological polar surface area (TPSA) is 38.5 Å². The van der Waals surface area contributed by atoms with Crippen LogP contribution in [0.3, 0.4) is 0 Å². The number of hydrogen-bond donors (Lipinski definition) is 1. The lowest BCUT2D eigenvalue weighted by molar-refractivity contribution is -0.127. The van der Waals surface area contributed by atoms with E-state index in [0.717, 1.165) is 36.8 Å². The fourth-order valence-electron chi connectivity index (χ4n) is 6.28. The van der Waals surface area contributed by atoms with E-state index < -0.39 is 0 Å². The first-order chi connectivity index (χ1) is 9.26. The maximum atomic E-state index is 6.37. The number of ether oxygens (including phenoxy) is 1. The van der Waals surface area contributed by atoms with E-state index in [1.807, 2.05) is 7.11 Å². The van der Waals surface area contributed by atoms with Gasteiger partial charge in [0.05, 0.1) is 6.10 Å². The molecule has 0 spiro atoms. The fraction of sp³-hybridized carbons (Fsp3) is 1.00. The van der Waals surface area contributed by atoms with Gasteiger partial charge in [-0.1, -0.05) is 0 Å². The molecular weight excluding hydrogens is 236 g/mol. The summed E-state index contributed by atoms with van der Waals surface area (Å²) in [6.07, 6.45) is 8.99. The molecular formula is C16H28N2O. The Bertz CT molecular complexity index is 329. The van der Waals surface area contributed by atoms with Gasteiger partial charge < -0.3 is 10.5 Å². The average molecular weight is 264 g/mol. The minimum absolute atomic E-state index is 0.334. The van der Waals surface area contributed by atoms with Gasteiger partial charge in [-0.15, -0.1) is 0 Å². The summed E-state index contributed by atoms with van der Waals surface area (Å²) in [4.78, 5) is 2.74. The van der Waals surface area contributed by atoms with Gasteiger partial charge in [-0.2, -0.15) is 0 Å². The van der Waals surface area contributed by atoms with Crippen LogP contribution in [0.15, 0.2) is 0 Å². The van der Waals surface area contributed by atoms with Crippen molar-refractivity contribution in [3.05, 3.63) is 0 Å². The Morgan fingerprint density at radius 1 is 1.11 bits per heavy atom. The second kappa shape index (κ2) is 4.44. The Morgan fingerprint density at radius 3 is 2.21 bits per heavy atom. The zero-order chi connectivity index (χ0) is 13.0. The molecule has 19 heavy (non-hydrogen) atoms. The summed E-state index contributed by atoms with van der Waals surface area (Å²) in [5.74, 6) is 3.82. The van der Waals surface area contributed by atoms with Crippen molar-refractivity contribution >= 4 is 0 Å². The van der Waals surface area contributed by atoms with Crippen LogP contribution in [-0.4, -0.2) is 43.3 Å². The molecule has 0 aromatic rings. The second-order valence-corrected chi connectivity index (χ2v) is 7.59. The highest BCUT2D eigenvalue weighted by atomic mass is 16.5. The first-order valence-corrected chi connectivity index (χ1v) is 8.24. The molecule has 0 amide bonds. The van der Waals surface area contributed by atoms with Crippen LogP contribution in [0.1, 0.15) is 38.5 Å². The number of likely N-dealkylation sites (tertiary alicyclic amines) is 1. The lowest BCUT2D eigenvalue weighted by atomic mass is 9.48. The summed E-state index contributed by atoms with van der Waals surface area (Å²) >= 11 is 0. The molecule has 1 unspecified atom stereocenters. The van der Waals surface area contributed by atoms with Gasteiger partial charge in [-0.3, -0.25) is 4.90 Å². The number of nitrogens with two attached hydrogens (primary N) is 1. The number of rotatable bonds is 3. The van der Waals surface area contributed by atoms with Gasteiger partial charge in [0, 0.05) is 32.3 Å². The average Bonchev–Trinajstić information content (AvgIpc) is 2.88. The molecule has 1 saturated heterocycles. The summed E-state index contributed by atoms with van der Waals surface area (Å²) < 4.78 is 5.59. The van der Waals surface area contributed by atoms with E-state index in [1.165, 1.54) is 45.1 Å². The zero-order valence-corrected chi connectivity index (χ0v) is 12.2. The molecule has 0 aromatic carbocycles. The molecule has 1 atom stereocenters. The molecule has 1 aliphatic heterocycles. The van der Waals surface area contributed by atoms with Crippen LogP contribution in [0.2, 0.25) is 0 Å². The van der Waals surface area contributed by atoms with E-state index in [9.17, 15) is 0 Å². The van der Waals surface area contributed by atoms with Gasteiger partial charge >= 0.3 is 0 Å². The highest BCUT2D eigenvalue weighted by Gasteiger charge is 2.59. The number of nitrogens with zero attached hydrogens (tertiary/aromatic N) is 1. The molecule has 5 aliphatic rings. The molecule has 4 bridgehead atoms. The van der Waals surface area contributed by atoms with Crippen molar-refractivity contribution in [3.63, 3.8) is 0 Å². The summed E-state index contributed by atoms with van der Waals surface area (Å²) in [5.41, 5.74) is 6.71. The summed E-state index contributed by atoms with van der Waals surface area (Å²) in [6, 6.07) is 0. The first-order valence-electron chi connectivity index (χ1n) is 8.24. The van der Waals surface area contributed by atoms with E-state index in [2.05, 4.69) is 4.90 Å². The van der Waals surface area contributed by atoms with Gasteiger partial charge in [0.25, 0.3) is 0 Å². The normalized spacial score (nSPS) is 53.1. The molecule has 3 nitrogen and oxygen atoms in total. The minimum Gasteiger partial charge on any atom is -0.380 e. The maximum Gasteiger partial charge on any atom is 0.0710 e. The first kappa shape index (κ1) is 12.6. The molecule has 4 saturated carbocycles. The quantitative estimate of drug-likeness (QED) is 0.845. The van der Waals surface area contributed by atoms with Crippen LogP contribution in [0.25, 0.3) is 0 Å². The molecule has 0 aromatic heterocycles. The van der Waals surface area contributed by atoms with Gasteiger partial charge in [-0.05, 0) is 62.2 Å². The lowest BCUT2D eigenvalue weighted by Crippen LogP contribution is -2.68. The van der Waals surface area contributed by atoms with Crippen molar-refractivity contribution in [3.8, 4) is 0 Å². The van der Waals surface area contributed by atoms with Crippen LogP contribution in [-0.2, 0) is 4.74 Å². The van der Waals surface area contributed by atoms with Crippen molar-refractivity contribution in [2.75, 3.05) is 26.7 Å². The number of methoxy groups -OCH3 is 1. The predicted molar refractivity (Wildman–Crippen MR) is 75.8 cm³/mol. The van der Waals surface area contributed by atoms with Gasteiger partial charge in [0.1, 0.15) is 0 Å². The van der Waals surface area contributed by atoms with Crippen LogP contribution in [0.5, 0.6) is 0 Å². The summed E-state index contributed by atoms with van der Waals surface area (Å²) in [5, 5.41) is 0. The highest BCUT2D eigenvalue weighted by molar-refractivity contribution is 5.13. The smallest absolute Gasteiger partial charge is 0.0710 e. The Balaban J connectivity index is 1.63. The maximum absolute atomic E-state index is 6.37. The van der Waals surface area contributed by atoms with E-state index in [4.69, 9.17) is 10.5 Å². The monoisotopic (exact) mass is 264 g/mol. The molecule has 1 heterocycles. The van der Waals surface area contributed by atoms with E-state index in [0.29, 0.717) is 11.6 Å². The summed E-state index contributed by atoms with van der Waals surface area (Å²) in [6.45, 7) is 3.20. The fourth-order valence-corrected chi connectivity index (χ4v) is 6.28. The van der Waals surface area contributed by atoms with Crippen molar-refractivity contribution in [1.82, 2.24) is 4.90 Å². The van der Waals surface area contributed by atoms with Crippen molar-refractivity contribution in [2.45, 2.75) is 50.2 Å². The molecule has 2 N–H and O–H groups in total. The molecule has 0 radical (unpaired) electrons. The largest absolute Gasteiger partial charge is 0.380 e. The molecule has 108 valence electrons. The minimum atomic E-state index is 0.334. The third-order valence-electron chi connectivity index (χ3n) is 6.95. The Kier molecular flexibility index (Phi) is 2.95. The standard InChI is InChI=1S/C16H28N2O/c1-19-15-2-3-18(9-15)16(10-17)13-5-11-4-12(7-13)8-14(16)6-11/h11-15H,2-10,17H2,1H3. The SMILES string of the molecule is COC1CCN(C2(CN)C3CC4CC(C3)CC2C4)C1. The molecule has 3 heteroatoms. The van der Waals surface area contributed by atoms with E-state index in [-0.39, 0.29) is 0 Å².